The second-order valence-corrected chi connectivity index (χ2v) is 8.75. The minimum absolute atomic E-state index is 0.0189. The highest BCUT2D eigenvalue weighted by Gasteiger charge is 2.32. The van der Waals surface area contributed by atoms with Gasteiger partial charge in [0.1, 0.15) is 5.60 Å². The Morgan fingerprint density at radius 3 is 2.31 bits per heavy atom. The number of amides is 1. The van der Waals surface area contributed by atoms with Crippen molar-refractivity contribution < 1.29 is 9.53 Å². The molecule has 1 heterocycles. The second-order valence-electron chi connectivity index (χ2n) is 8.31. The Kier molecular flexibility index (Phi) is 6.46. The number of hydrogen-bond donors (Lipinski definition) is 1. The van der Waals surface area contributed by atoms with Crippen LogP contribution in [0.5, 0.6) is 0 Å². The maximum atomic E-state index is 12.1. The highest BCUT2D eigenvalue weighted by Crippen LogP contribution is 2.32. The third-order valence-electron chi connectivity index (χ3n) is 4.85. The maximum absolute atomic E-state index is 12.1. The zero-order valence-corrected chi connectivity index (χ0v) is 17.7. The maximum Gasteiger partial charge on any atom is 0.407 e. The molecule has 1 fully saturated rings. The summed E-state index contributed by atoms with van der Waals surface area (Å²) in [5.41, 5.74) is 2.34. The van der Waals surface area contributed by atoms with Crippen molar-refractivity contribution in [3.05, 3.63) is 70.2 Å². The fraction of sp³-hybridized carbons (Fsp3) is 0.391. The van der Waals surface area contributed by atoms with Crippen molar-refractivity contribution in [2.24, 2.45) is 0 Å². The normalized spacial score (nSPS) is 18.1. The van der Waals surface area contributed by atoms with E-state index in [0.29, 0.717) is 17.1 Å². The number of nitriles is 1. The van der Waals surface area contributed by atoms with Gasteiger partial charge in [-0.15, -0.1) is 0 Å². The molecule has 0 radical (unpaired) electrons. The summed E-state index contributed by atoms with van der Waals surface area (Å²) in [6, 6.07) is 17.7. The van der Waals surface area contributed by atoms with Gasteiger partial charge in [0.25, 0.3) is 0 Å². The van der Waals surface area contributed by atoms with Gasteiger partial charge in [-0.2, -0.15) is 5.26 Å². The van der Waals surface area contributed by atoms with Gasteiger partial charge in [0.15, 0.2) is 0 Å². The Morgan fingerprint density at radius 1 is 1.17 bits per heavy atom. The molecule has 0 saturated carbocycles. The smallest absolute Gasteiger partial charge is 0.407 e. The van der Waals surface area contributed by atoms with Gasteiger partial charge in [-0.25, -0.2) is 4.79 Å². The molecular formula is C23H26ClN3O2. The molecule has 0 spiro atoms. The number of alkyl carbamates (subject to hydrolysis) is 1. The summed E-state index contributed by atoms with van der Waals surface area (Å²) >= 11 is 6.08. The minimum Gasteiger partial charge on any atom is -0.444 e. The molecule has 1 N–H and O–H groups in total. The lowest BCUT2D eigenvalue weighted by molar-refractivity contribution is 0.0505. The summed E-state index contributed by atoms with van der Waals surface area (Å²) in [6.07, 6.45) is 0.463. The standard InChI is InChI=1S/C23H26ClN3O2/c1-23(2,3)29-22(28)26-20-12-13-27(15-20)21(18-8-10-19(24)11-9-18)17-6-4-16(14-25)5-7-17/h4-11,20-21H,12-13,15H2,1-3H3,(H,26,28)/t20-,21+/m1/s1. The van der Waals surface area contributed by atoms with Crippen molar-refractivity contribution in [3.63, 3.8) is 0 Å². The predicted molar refractivity (Wildman–Crippen MR) is 114 cm³/mol. The summed E-state index contributed by atoms with van der Waals surface area (Å²) in [5.74, 6) is 0. The molecule has 1 aliphatic rings. The third-order valence-corrected chi connectivity index (χ3v) is 5.10. The molecule has 1 amide bonds. The van der Waals surface area contributed by atoms with Crippen LogP contribution in [-0.4, -0.2) is 35.7 Å². The zero-order chi connectivity index (χ0) is 21.0. The van der Waals surface area contributed by atoms with Gasteiger partial charge in [-0.3, -0.25) is 4.90 Å². The van der Waals surface area contributed by atoms with E-state index in [4.69, 9.17) is 21.6 Å². The number of benzene rings is 2. The molecule has 6 heteroatoms. The van der Waals surface area contributed by atoms with E-state index in [9.17, 15) is 4.79 Å². The summed E-state index contributed by atoms with van der Waals surface area (Å²) < 4.78 is 5.39. The highest BCUT2D eigenvalue weighted by molar-refractivity contribution is 6.30. The van der Waals surface area contributed by atoms with Crippen molar-refractivity contribution in [2.75, 3.05) is 13.1 Å². The van der Waals surface area contributed by atoms with Crippen LogP contribution in [-0.2, 0) is 4.74 Å². The van der Waals surface area contributed by atoms with Crippen LogP contribution in [0, 0.1) is 11.3 Å². The molecule has 2 aromatic carbocycles. The van der Waals surface area contributed by atoms with Crippen LogP contribution in [0.3, 0.4) is 0 Å². The quantitative estimate of drug-likeness (QED) is 0.777. The number of nitrogens with one attached hydrogen (secondary N) is 1. The number of halogens is 1. The first-order valence-corrected chi connectivity index (χ1v) is 10.1. The Morgan fingerprint density at radius 2 is 1.76 bits per heavy atom. The average molecular weight is 412 g/mol. The van der Waals surface area contributed by atoms with E-state index in [1.54, 1.807) is 0 Å². The number of ether oxygens (including phenoxy) is 1. The van der Waals surface area contributed by atoms with Gasteiger partial charge >= 0.3 is 6.09 Å². The first-order chi connectivity index (χ1) is 13.7. The zero-order valence-electron chi connectivity index (χ0n) is 17.0. The molecule has 2 atom stereocenters. The van der Waals surface area contributed by atoms with Gasteiger partial charge in [0, 0.05) is 24.2 Å². The minimum atomic E-state index is -0.517. The van der Waals surface area contributed by atoms with E-state index in [1.165, 1.54) is 0 Å². The van der Waals surface area contributed by atoms with Crippen LogP contribution >= 0.6 is 11.6 Å². The molecule has 0 unspecified atom stereocenters. The molecule has 2 aromatic rings. The van der Waals surface area contributed by atoms with Crippen LogP contribution in [0.2, 0.25) is 5.02 Å². The van der Waals surface area contributed by atoms with Gasteiger partial charge in [0.2, 0.25) is 0 Å². The number of hydrogen-bond acceptors (Lipinski definition) is 4. The van der Waals surface area contributed by atoms with E-state index in [2.05, 4.69) is 16.3 Å². The number of likely N-dealkylation sites (tertiary alicyclic amines) is 1. The molecule has 1 aliphatic heterocycles. The average Bonchev–Trinajstić information content (AvgIpc) is 3.10. The van der Waals surface area contributed by atoms with Crippen molar-refractivity contribution in [3.8, 4) is 6.07 Å². The second kappa shape index (κ2) is 8.86. The van der Waals surface area contributed by atoms with Gasteiger partial charge in [0.05, 0.1) is 17.7 Å². The van der Waals surface area contributed by atoms with E-state index >= 15 is 0 Å². The highest BCUT2D eigenvalue weighted by atomic mass is 35.5. The Bertz CT molecular complexity index is 882. The van der Waals surface area contributed by atoms with Gasteiger partial charge < -0.3 is 10.1 Å². The molecule has 0 bridgehead atoms. The summed E-state index contributed by atoms with van der Waals surface area (Å²) in [6.45, 7) is 7.12. The van der Waals surface area contributed by atoms with E-state index in [-0.39, 0.29) is 18.2 Å². The lowest BCUT2D eigenvalue weighted by Gasteiger charge is -2.29. The summed E-state index contributed by atoms with van der Waals surface area (Å²) in [7, 11) is 0. The van der Waals surface area contributed by atoms with Gasteiger partial charge in [-0.1, -0.05) is 35.9 Å². The number of nitrogens with zero attached hydrogens (tertiary/aromatic N) is 2. The Balaban J connectivity index is 1.79. The third kappa shape index (κ3) is 5.72. The van der Waals surface area contributed by atoms with Crippen molar-refractivity contribution in [1.29, 1.82) is 5.26 Å². The molecular weight excluding hydrogens is 386 g/mol. The first kappa shape index (κ1) is 21.2. The largest absolute Gasteiger partial charge is 0.444 e. The van der Waals surface area contributed by atoms with Crippen LogP contribution in [0.15, 0.2) is 48.5 Å². The molecule has 5 nitrogen and oxygen atoms in total. The SMILES string of the molecule is CC(C)(C)OC(=O)N[C@@H]1CCN([C@H](c2ccc(Cl)cc2)c2ccc(C#N)cc2)C1. The predicted octanol–water partition coefficient (Wildman–Crippen LogP) is 4.90. The van der Waals surface area contributed by atoms with E-state index in [1.807, 2.05) is 69.3 Å². The van der Waals surface area contributed by atoms with E-state index < -0.39 is 5.60 Å². The van der Waals surface area contributed by atoms with Crippen molar-refractivity contribution >= 4 is 17.7 Å². The summed E-state index contributed by atoms with van der Waals surface area (Å²) in [4.78, 5) is 14.5. The monoisotopic (exact) mass is 411 g/mol. The number of rotatable bonds is 4. The molecule has 1 saturated heterocycles. The van der Waals surface area contributed by atoms with Crippen LogP contribution in [0.1, 0.15) is 49.9 Å². The fourth-order valence-corrected chi connectivity index (χ4v) is 3.74. The molecule has 3 rings (SSSR count). The van der Waals surface area contributed by atoms with Gasteiger partial charge in [-0.05, 0) is 62.6 Å². The lowest BCUT2D eigenvalue weighted by Crippen LogP contribution is -2.41. The van der Waals surface area contributed by atoms with Crippen molar-refractivity contribution in [1.82, 2.24) is 10.2 Å². The Labute approximate surface area is 177 Å². The number of carbonyl (C=O) groups is 1. The van der Waals surface area contributed by atoms with Crippen LogP contribution in [0.25, 0.3) is 0 Å². The lowest BCUT2D eigenvalue weighted by atomic mass is 9.96. The van der Waals surface area contributed by atoms with Crippen LogP contribution in [0.4, 0.5) is 4.79 Å². The first-order valence-electron chi connectivity index (χ1n) is 9.74. The molecule has 152 valence electrons. The molecule has 0 aliphatic carbocycles. The number of carbonyl (C=O) groups excluding carboxylic acids is 1. The van der Waals surface area contributed by atoms with Crippen LogP contribution < -0.4 is 5.32 Å². The topological polar surface area (TPSA) is 65.4 Å². The van der Waals surface area contributed by atoms with E-state index in [0.717, 1.165) is 24.1 Å². The molecule has 29 heavy (non-hydrogen) atoms. The molecule has 0 aromatic heterocycles. The van der Waals surface area contributed by atoms with Crippen molar-refractivity contribution in [2.45, 2.75) is 44.9 Å². The fourth-order valence-electron chi connectivity index (χ4n) is 3.61. The summed E-state index contributed by atoms with van der Waals surface area (Å²) in [5, 5.41) is 12.8. The Hall–Kier alpha value is -2.55.